The molecule has 12 rings (SSSR count). The highest BCUT2D eigenvalue weighted by Crippen LogP contribution is 2.43. The Morgan fingerprint density at radius 3 is 2.02 bits per heavy atom. The summed E-state index contributed by atoms with van der Waals surface area (Å²) in [5.74, 6) is 0.582. The Bertz CT molecular complexity index is 3400. The molecule has 0 atom stereocenters. The highest BCUT2D eigenvalue weighted by Gasteiger charge is 2.23. The van der Waals surface area contributed by atoms with Crippen molar-refractivity contribution in [1.82, 2.24) is 14.5 Å². The largest absolute Gasteiger partial charge is 0.456 e. The van der Waals surface area contributed by atoms with Crippen molar-refractivity contribution in [3.8, 4) is 17.2 Å². The lowest BCUT2D eigenvalue weighted by Gasteiger charge is -2.11. The molecule has 0 spiro atoms. The Balaban J connectivity index is 1.21. The van der Waals surface area contributed by atoms with E-state index in [4.69, 9.17) is 23.2 Å². The van der Waals surface area contributed by atoms with E-state index in [1.165, 1.54) is 0 Å². The first-order valence-corrected chi connectivity index (χ1v) is 16.7. The number of benzene rings is 7. The number of fused-ring (bicyclic) bond motifs is 15. The standard InChI is InChI=1S/C44H23N3O3/c1-2-10-26-24(9-1)17-19-29-27-11-3-6-14-33(27)47(41(26)29)44-45-39(43-40(46-44)31-13-5-8-16-35(31)50-43)25-18-21-36-32(23-25)38-37(48-36)22-20-30-28-12-4-7-15-34(28)49-42(30)38/h1-23H. The average molecular weight is 642 g/mol. The summed E-state index contributed by atoms with van der Waals surface area (Å²) >= 11 is 0. The Morgan fingerprint density at radius 2 is 1.12 bits per heavy atom. The molecule has 0 radical (unpaired) electrons. The van der Waals surface area contributed by atoms with Crippen molar-refractivity contribution in [3.05, 3.63) is 140 Å². The van der Waals surface area contributed by atoms with Crippen LogP contribution in [0.1, 0.15) is 0 Å². The van der Waals surface area contributed by atoms with Gasteiger partial charge in [0.05, 0.1) is 16.4 Å². The van der Waals surface area contributed by atoms with Crippen LogP contribution in [0.3, 0.4) is 0 Å². The zero-order valence-corrected chi connectivity index (χ0v) is 26.3. The maximum Gasteiger partial charge on any atom is 0.236 e. The highest BCUT2D eigenvalue weighted by atomic mass is 16.3. The highest BCUT2D eigenvalue weighted by molar-refractivity contribution is 6.23. The number of furan rings is 3. The van der Waals surface area contributed by atoms with Gasteiger partial charge in [0.1, 0.15) is 39.1 Å². The van der Waals surface area contributed by atoms with E-state index in [1.807, 2.05) is 48.5 Å². The molecule has 0 amide bonds. The van der Waals surface area contributed by atoms with Crippen molar-refractivity contribution in [2.24, 2.45) is 0 Å². The zero-order valence-electron chi connectivity index (χ0n) is 26.3. The molecule has 5 aromatic heterocycles. The molecule has 50 heavy (non-hydrogen) atoms. The number of para-hydroxylation sites is 3. The van der Waals surface area contributed by atoms with Gasteiger partial charge >= 0.3 is 0 Å². The van der Waals surface area contributed by atoms with Gasteiger partial charge in [-0.2, -0.15) is 0 Å². The van der Waals surface area contributed by atoms with Crippen molar-refractivity contribution in [1.29, 1.82) is 0 Å². The molecule has 5 heterocycles. The molecule has 0 saturated heterocycles. The van der Waals surface area contributed by atoms with Gasteiger partial charge in [-0.3, -0.25) is 4.57 Å². The molecule has 0 aliphatic heterocycles. The van der Waals surface area contributed by atoms with Crippen molar-refractivity contribution in [2.75, 3.05) is 0 Å². The maximum atomic E-state index is 6.57. The number of hydrogen-bond acceptors (Lipinski definition) is 5. The van der Waals surface area contributed by atoms with Crippen molar-refractivity contribution < 1.29 is 13.3 Å². The van der Waals surface area contributed by atoms with Crippen LogP contribution in [0.25, 0.3) is 116 Å². The number of hydrogen-bond donors (Lipinski definition) is 0. The molecule has 6 nitrogen and oxygen atoms in total. The first-order chi connectivity index (χ1) is 24.8. The van der Waals surface area contributed by atoms with Gasteiger partial charge < -0.3 is 13.3 Å². The molecule has 0 N–H and O–H groups in total. The lowest BCUT2D eigenvalue weighted by atomic mass is 10.0. The average Bonchev–Trinajstić information content (AvgIpc) is 3.93. The van der Waals surface area contributed by atoms with Gasteiger partial charge in [-0.15, -0.1) is 0 Å². The number of rotatable bonds is 2. The van der Waals surface area contributed by atoms with Crippen molar-refractivity contribution in [3.63, 3.8) is 0 Å². The molecule has 0 aliphatic rings. The fourth-order valence-electron chi connectivity index (χ4n) is 8.00. The fourth-order valence-corrected chi connectivity index (χ4v) is 8.00. The molecule has 12 aromatic rings. The van der Waals surface area contributed by atoms with Crippen LogP contribution in [-0.2, 0) is 0 Å². The zero-order chi connectivity index (χ0) is 32.5. The van der Waals surface area contributed by atoms with Gasteiger partial charge in [0.2, 0.25) is 5.95 Å². The number of nitrogens with zero attached hydrogens (tertiary/aromatic N) is 3. The summed E-state index contributed by atoms with van der Waals surface area (Å²) in [4.78, 5) is 10.7. The Hall–Kier alpha value is -6.92. The molecule has 0 saturated carbocycles. The summed E-state index contributed by atoms with van der Waals surface area (Å²) in [6, 6.07) is 47.9. The minimum Gasteiger partial charge on any atom is -0.456 e. The summed E-state index contributed by atoms with van der Waals surface area (Å²) in [5, 5.41) is 9.59. The SMILES string of the molecule is c1ccc2c(c1)ccc1c3ccccc3n(-c3nc(-c4ccc5oc6ccc7c8ccccc8oc7c6c5c4)c4oc5ccccc5c4n3)c21. The van der Waals surface area contributed by atoms with Crippen LogP contribution < -0.4 is 0 Å². The van der Waals surface area contributed by atoms with Gasteiger partial charge in [-0.1, -0.05) is 84.9 Å². The second-order valence-corrected chi connectivity index (χ2v) is 12.9. The molecular weight excluding hydrogens is 619 g/mol. The minimum absolute atomic E-state index is 0.582. The van der Waals surface area contributed by atoms with Gasteiger partial charge in [0.25, 0.3) is 0 Å². The lowest BCUT2D eigenvalue weighted by molar-refractivity contribution is 0.662. The summed E-state index contributed by atoms with van der Waals surface area (Å²) in [5.41, 5.74) is 9.11. The molecule has 0 aliphatic carbocycles. The third kappa shape index (κ3) is 3.36. The first kappa shape index (κ1) is 26.1. The first-order valence-electron chi connectivity index (χ1n) is 16.7. The molecule has 232 valence electrons. The van der Waals surface area contributed by atoms with E-state index in [0.29, 0.717) is 17.2 Å². The monoisotopic (exact) mass is 641 g/mol. The molecule has 0 bridgehead atoms. The van der Waals surface area contributed by atoms with Gasteiger partial charge in [0, 0.05) is 43.3 Å². The van der Waals surface area contributed by atoms with Gasteiger partial charge in [0.15, 0.2) is 5.58 Å². The van der Waals surface area contributed by atoms with E-state index in [2.05, 4.69) is 95.6 Å². The summed E-state index contributed by atoms with van der Waals surface area (Å²) in [7, 11) is 0. The van der Waals surface area contributed by atoms with Gasteiger partial charge in [-0.05, 0) is 60.0 Å². The van der Waals surface area contributed by atoms with E-state index < -0.39 is 0 Å². The topological polar surface area (TPSA) is 70.1 Å². The lowest BCUT2D eigenvalue weighted by Crippen LogP contribution is -2.03. The summed E-state index contributed by atoms with van der Waals surface area (Å²) < 4.78 is 21.6. The van der Waals surface area contributed by atoms with Crippen LogP contribution in [0, 0.1) is 0 Å². The van der Waals surface area contributed by atoms with Gasteiger partial charge in [-0.25, -0.2) is 9.97 Å². The number of aromatic nitrogens is 3. The van der Waals surface area contributed by atoms with Crippen molar-refractivity contribution in [2.45, 2.75) is 0 Å². The van der Waals surface area contributed by atoms with Crippen LogP contribution in [0.4, 0.5) is 0 Å². The van der Waals surface area contributed by atoms with Crippen LogP contribution in [0.5, 0.6) is 0 Å². The van der Waals surface area contributed by atoms with E-state index in [-0.39, 0.29) is 0 Å². The summed E-state index contributed by atoms with van der Waals surface area (Å²) in [6.45, 7) is 0. The molecule has 0 unspecified atom stereocenters. The van der Waals surface area contributed by atoms with E-state index in [9.17, 15) is 0 Å². The van der Waals surface area contributed by atoms with E-state index >= 15 is 0 Å². The maximum absolute atomic E-state index is 6.57. The summed E-state index contributed by atoms with van der Waals surface area (Å²) in [6.07, 6.45) is 0. The molecule has 6 heteroatoms. The molecular formula is C44H23N3O3. The van der Waals surface area contributed by atoms with Crippen LogP contribution in [0.2, 0.25) is 0 Å². The van der Waals surface area contributed by atoms with Crippen LogP contribution in [-0.4, -0.2) is 14.5 Å². The fraction of sp³-hybridized carbons (Fsp3) is 0. The predicted molar refractivity (Wildman–Crippen MR) is 201 cm³/mol. The second-order valence-electron chi connectivity index (χ2n) is 12.9. The van der Waals surface area contributed by atoms with Crippen LogP contribution in [0.15, 0.2) is 153 Å². The molecule has 0 fully saturated rings. The Morgan fingerprint density at radius 1 is 0.440 bits per heavy atom. The van der Waals surface area contributed by atoms with E-state index in [1.54, 1.807) is 0 Å². The smallest absolute Gasteiger partial charge is 0.236 e. The predicted octanol–water partition coefficient (Wildman–Crippen LogP) is 12.1. The normalized spacial score (nSPS) is 12.4. The third-order valence-electron chi connectivity index (χ3n) is 10.2. The minimum atomic E-state index is 0.582. The second kappa shape index (κ2) is 9.36. The Labute approximate surface area is 282 Å². The van der Waals surface area contributed by atoms with Crippen molar-refractivity contribution >= 4 is 98.5 Å². The van der Waals surface area contributed by atoms with E-state index in [0.717, 1.165) is 98.5 Å². The quantitative estimate of drug-likeness (QED) is 0.188. The van der Waals surface area contributed by atoms with Crippen LogP contribution >= 0.6 is 0 Å². The Kier molecular flexibility index (Phi) is 4.89. The third-order valence-corrected chi connectivity index (χ3v) is 10.2. The molecule has 7 aromatic carbocycles.